The predicted molar refractivity (Wildman–Crippen MR) is 56.2 cm³/mol. The number of aromatic nitrogens is 3. The van der Waals surface area contributed by atoms with E-state index in [1.54, 1.807) is 11.7 Å². The van der Waals surface area contributed by atoms with Crippen molar-refractivity contribution in [2.45, 2.75) is 10.9 Å². The Bertz CT molecular complexity index is 506. The van der Waals surface area contributed by atoms with Crippen LogP contribution in [0, 0.1) is 0 Å². The van der Waals surface area contributed by atoms with Crippen molar-refractivity contribution in [2.75, 3.05) is 0 Å². The Morgan fingerprint density at radius 2 is 2.50 bits per heavy atom. The summed E-state index contributed by atoms with van der Waals surface area (Å²) in [6.07, 6.45) is 2.70. The summed E-state index contributed by atoms with van der Waals surface area (Å²) in [4.78, 5) is 14.6. The molecule has 2 rings (SSSR count). The number of hydrogen-bond acceptors (Lipinski definition) is 5. The first kappa shape index (κ1) is 10.7. The van der Waals surface area contributed by atoms with Crippen LogP contribution in [-0.2, 0) is 12.8 Å². The molecular formula is C9H9N3O3S. The van der Waals surface area contributed by atoms with E-state index in [4.69, 9.17) is 9.52 Å². The van der Waals surface area contributed by atoms with Gasteiger partial charge in [-0.1, -0.05) is 11.8 Å². The molecule has 2 heterocycles. The minimum atomic E-state index is -0.987. The highest BCUT2D eigenvalue weighted by molar-refractivity contribution is 7.98. The fraction of sp³-hybridized carbons (Fsp3) is 0.222. The van der Waals surface area contributed by atoms with Gasteiger partial charge in [-0.05, 0) is 6.07 Å². The number of carbonyl (C=O) groups is 1. The van der Waals surface area contributed by atoms with Crippen molar-refractivity contribution in [3.05, 3.63) is 30.0 Å². The number of furan rings is 1. The third kappa shape index (κ3) is 2.25. The van der Waals surface area contributed by atoms with Crippen LogP contribution in [0.25, 0.3) is 0 Å². The number of carboxylic acid groups (broad SMARTS) is 1. The second-order valence-electron chi connectivity index (χ2n) is 3.06. The number of rotatable bonds is 4. The SMILES string of the molecule is Cn1ncnc1SCc1cc(C(=O)O)co1. The molecule has 1 N–H and O–H groups in total. The Hall–Kier alpha value is -1.76. The fourth-order valence-electron chi connectivity index (χ4n) is 1.12. The van der Waals surface area contributed by atoms with E-state index in [-0.39, 0.29) is 5.56 Å². The van der Waals surface area contributed by atoms with Gasteiger partial charge < -0.3 is 9.52 Å². The number of nitrogens with zero attached hydrogens (tertiary/aromatic N) is 3. The zero-order chi connectivity index (χ0) is 11.5. The maximum atomic E-state index is 10.6. The summed E-state index contributed by atoms with van der Waals surface area (Å²) < 4.78 is 6.75. The maximum absolute atomic E-state index is 10.6. The smallest absolute Gasteiger partial charge is 0.338 e. The number of thioether (sulfide) groups is 1. The van der Waals surface area contributed by atoms with Crippen molar-refractivity contribution in [3.63, 3.8) is 0 Å². The second-order valence-corrected chi connectivity index (χ2v) is 4.00. The van der Waals surface area contributed by atoms with E-state index in [9.17, 15) is 4.79 Å². The molecule has 16 heavy (non-hydrogen) atoms. The van der Waals surface area contributed by atoms with Crippen LogP contribution in [0.1, 0.15) is 16.1 Å². The van der Waals surface area contributed by atoms with Crippen LogP contribution < -0.4 is 0 Å². The molecule has 7 heteroatoms. The molecule has 0 aliphatic carbocycles. The van der Waals surface area contributed by atoms with Crippen molar-refractivity contribution in [3.8, 4) is 0 Å². The van der Waals surface area contributed by atoms with E-state index in [0.29, 0.717) is 11.5 Å². The van der Waals surface area contributed by atoms with Gasteiger partial charge in [0.15, 0.2) is 5.16 Å². The van der Waals surface area contributed by atoms with Crippen LogP contribution in [-0.4, -0.2) is 25.8 Å². The molecule has 0 amide bonds. The lowest BCUT2D eigenvalue weighted by molar-refractivity contribution is 0.0696. The van der Waals surface area contributed by atoms with Crippen molar-refractivity contribution in [1.29, 1.82) is 0 Å². The van der Waals surface area contributed by atoms with E-state index in [1.807, 2.05) is 0 Å². The van der Waals surface area contributed by atoms with Crippen molar-refractivity contribution >= 4 is 17.7 Å². The molecule has 0 unspecified atom stereocenters. The molecule has 6 nitrogen and oxygen atoms in total. The van der Waals surface area contributed by atoms with Gasteiger partial charge in [0, 0.05) is 7.05 Å². The van der Waals surface area contributed by atoms with Crippen LogP contribution in [0.2, 0.25) is 0 Å². The van der Waals surface area contributed by atoms with Gasteiger partial charge in [0.05, 0.1) is 11.3 Å². The van der Waals surface area contributed by atoms with Crippen molar-refractivity contribution in [2.24, 2.45) is 7.05 Å². The normalized spacial score (nSPS) is 10.6. The predicted octanol–water partition coefficient (Wildman–Crippen LogP) is 1.40. The molecule has 0 radical (unpaired) electrons. The van der Waals surface area contributed by atoms with Crippen LogP contribution in [0.3, 0.4) is 0 Å². The minimum absolute atomic E-state index is 0.161. The quantitative estimate of drug-likeness (QED) is 0.812. The number of aryl methyl sites for hydroxylation is 1. The van der Waals surface area contributed by atoms with Crippen molar-refractivity contribution in [1.82, 2.24) is 14.8 Å². The van der Waals surface area contributed by atoms with Gasteiger partial charge in [0.1, 0.15) is 18.4 Å². The van der Waals surface area contributed by atoms with Gasteiger partial charge >= 0.3 is 5.97 Å². The highest BCUT2D eigenvalue weighted by Crippen LogP contribution is 2.21. The Morgan fingerprint density at radius 1 is 1.69 bits per heavy atom. The molecule has 2 aromatic rings. The van der Waals surface area contributed by atoms with Gasteiger partial charge in [-0.2, -0.15) is 5.10 Å². The largest absolute Gasteiger partial charge is 0.478 e. The molecule has 84 valence electrons. The molecule has 0 aliphatic heterocycles. The standard InChI is InChI=1S/C9H9N3O3S/c1-12-9(10-5-11-12)16-4-7-2-6(3-15-7)8(13)14/h2-3,5H,4H2,1H3,(H,13,14). The Labute approximate surface area is 95.3 Å². The molecule has 0 saturated carbocycles. The Balaban J connectivity index is 2.00. The van der Waals surface area contributed by atoms with Gasteiger partial charge in [0.25, 0.3) is 0 Å². The van der Waals surface area contributed by atoms with Crippen LogP contribution in [0.15, 0.2) is 28.2 Å². The fourth-order valence-corrected chi connectivity index (χ4v) is 1.90. The van der Waals surface area contributed by atoms with Crippen molar-refractivity contribution < 1.29 is 14.3 Å². The van der Waals surface area contributed by atoms with E-state index in [2.05, 4.69) is 10.1 Å². The second kappa shape index (κ2) is 4.40. The number of carboxylic acids is 1. The van der Waals surface area contributed by atoms with E-state index in [1.165, 1.54) is 30.4 Å². The Morgan fingerprint density at radius 3 is 3.06 bits per heavy atom. The molecule has 0 fully saturated rings. The molecule has 0 atom stereocenters. The van der Waals surface area contributed by atoms with Gasteiger partial charge in [-0.25, -0.2) is 14.5 Å². The third-order valence-corrected chi connectivity index (χ3v) is 2.97. The first-order chi connectivity index (χ1) is 7.66. The molecule has 0 aliphatic rings. The first-order valence-corrected chi connectivity index (χ1v) is 5.43. The number of aromatic carboxylic acids is 1. The minimum Gasteiger partial charge on any atom is -0.478 e. The first-order valence-electron chi connectivity index (χ1n) is 4.44. The lowest BCUT2D eigenvalue weighted by atomic mass is 10.3. The molecule has 0 bridgehead atoms. The highest BCUT2D eigenvalue weighted by Gasteiger charge is 2.09. The zero-order valence-corrected chi connectivity index (χ0v) is 9.27. The summed E-state index contributed by atoms with van der Waals surface area (Å²) in [7, 11) is 1.79. The monoisotopic (exact) mass is 239 g/mol. The van der Waals surface area contributed by atoms with Gasteiger partial charge in [-0.15, -0.1) is 0 Å². The summed E-state index contributed by atoms with van der Waals surface area (Å²) in [5.74, 6) is 0.142. The lowest BCUT2D eigenvalue weighted by Gasteiger charge is -1.96. The van der Waals surface area contributed by atoms with Crippen LogP contribution >= 0.6 is 11.8 Å². The Kier molecular flexibility index (Phi) is 2.95. The molecule has 0 saturated heterocycles. The molecular weight excluding hydrogens is 230 g/mol. The van der Waals surface area contributed by atoms with Gasteiger partial charge in [0.2, 0.25) is 0 Å². The van der Waals surface area contributed by atoms with E-state index in [0.717, 1.165) is 5.16 Å². The summed E-state index contributed by atoms with van der Waals surface area (Å²) in [5.41, 5.74) is 0.161. The summed E-state index contributed by atoms with van der Waals surface area (Å²) in [6.45, 7) is 0. The topological polar surface area (TPSA) is 81.2 Å². The van der Waals surface area contributed by atoms with Gasteiger partial charge in [-0.3, -0.25) is 0 Å². The lowest BCUT2D eigenvalue weighted by Crippen LogP contribution is -1.93. The van der Waals surface area contributed by atoms with Crippen LogP contribution in [0.4, 0.5) is 0 Å². The number of hydrogen-bond donors (Lipinski definition) is 1. The van der Waals surface area contributed by atoms with Crippen LogP contribution in [0.5, 0.6) is 0 Å². The molecule has 0 spiro atoms. The zero-order valence-electron chi connectivity index (χ0n) is 8.45. The average Bonchev–Trinajstić information content (AvgIpc) is 2.83. The highest BCUT2D eigenvalue weighted by atomic mass is 32.2. The summed E-state index contributed by atoms with van der Waals surface area (Å²) in [6, 6.07) is 1.51. The maximum Gasteiger partial charge on any atom is 0.338 e. The van der Waals surface area contributed by atoms with E-state index < -0.39 is 5.97 Å². The molecule has 0 aromatic carbocycles. The van der Waals surface area contributed by atoms with E-state index >= 15 is 0 Å². The third-order valence-electron chi connectivity index (χ3n) is 1.91. The average molecular weight is 239 g/mol. The summed E-state index contributed by atoms with van der Waals surface area (Å²) >= 11 is 1.43. The summed E-state index contributed by atoms with van der Waals surface area (Å²) in [5, 5.41) is 13.4. The molecule has 2 aromatic heterocycles.